The van der Waals surface area contributed by atoms with E-state index < -0.39 is 6.04 Å². The molecule has 0 saturated carbocycles. The van der Waals surface area contributed by atoms with E-state index in [1.165, 1.54) is 5.56 Å². The molecule has 15 heavy (non-hydrogen) atoms. The van der Waals surface area contributed by atoms with Gasteiger partial charge in [-0.1, -0.05) is 12.1 Å². The van der Waals surface area contributed by atoms with E-state index in [9.17, 15) is 4.79 Å². The molecule has 1 aromatic rings. The average Bonchev–Trinajstić information content (AvgIpc) is 2.21. The molecule has 1 rings (SSSR count). The number of nitrogens with one attached hydrogen (secondary N) is 1. The topological polar surface area (TPSA) is 55.1 Å². The standard InChI is InChI=1S/C11H16N2OS/c1-8(12)11(14)13-10-5-3-9(4-6-10)7-15-2/h3-6,8H,7,12H2,1-2H3,(H,13,14)/t8-/m0/s1. The molecule has 0 aromatic heterocycles. The number of amides is 1. The highest BCUT2D eigenvalue weighted by Crippen LogP contribution is 2.13. The molecular weight excluding hydrogens is 208 g/mol. The number of hydrogen-bond donors (Lipinski definition) is 2. The molecular formula is C11H16N2OS. The van der Waals surface area contributed by atoms with Crippen molar-refractivity contribution in [2.24, 2.45) is 5.73 Å². The number of rotatable bonds is 4. The zero-order valence-electron chi connectivity index (χ0n) is 8.99. The van der Waals surface area contributed by atoms with Crippen molar-refractivity contribution < 1.29 is 4.79 Å². The van der Waals surface area contributed by atoms with Crippen molar-refractivity contribution in [2.45, 2.75) is 18.7 Å². The van der Waals surface area contributed by atoms with Gasteiger partial charge >= 0.3 is 0 Å². The number of anilines is 1. The zero-order chi connectivity index (χ0) is 11.3. The highest BCUT2D eigenvalue weighted by molar-refractivity contribution is 7.97. The largest absolute Gasteiger partial charge is 0.325 e. The monoisotopic (exact) mass is 224 g/mol. The average molecular weight is 224 g/mol. The van der Waals surface area contributed by atoms with Crippen LogP contribution in [0.1, 0.15) is 12.5 Å². The molecule has 1 aromatic carbocycles. The summed E-state index contributed by atoms with van der Waals surface area (Å²) in [6, 6.07) is 7.33. The van der Waals surface area contributed by atoms with Crippen molar-refractivity contribution in [3.05, 3.63) is 29.8 Å². The lowest BCUT2D eigenvalue weighted by Crippen LogP contribution is -2.32. The summed E-state index contributed by atoms with van der Waals surface area (Å²) in [4.78, 5) is 11.3. The van der Waals surface area contributed by atoms with Crippen LogP contribution in [0.3, 0.4) is 0 Å². The van der Waals surface area contributed by atoms with Gasteiger partial charge in [0, 0.05) is 11.4 Å². The fourth-order valence-electron chi connectivity index (χ4n) is 1.11. The van der Waals surface area contributed by atoms with Gasteiger partial charge in [-0.25, -0.2) is 0 Å². The van der Waals surface area contributed by atoms with Crippen LogP contribution in [0.5, 0.6) is 0 Å². The molecule has 0 fully saturated rings. The van der Waals surface area contributed by atoms with Gasteiger partial charge < -0.3 is 11.1 Å². The first-order valence-corrected chi connectivity index (χ1v) is 6.17. The lowest BCUT2D eigenvalue weighted by atomic mass is 10.2. The first kappa shape index (κ1) is 12.1. The summed E-state index contributed by atoms with van der Waals surface area (Å²) in [5.74, 6) is 0.828. The SMILES string of the molecule is CSCc1ccc(NC(=O)[C@H](C)N)cc1. The van der Waals surface area contributed by atoms with Crippen LogP contribution in [-0.2, 0) is 10.5 Å². The summed E-state index contributed by atoms with van der Waals surface area (Å²) in [5.41, 5.74) is 7.49. The van der Waals surface area contributed by atoms with Crippen LogP contribution >= 0.6 is 11.8 Å². The number of benzene rings is 1. The highest BCUT2D eigenvalue weighted by atomic mass is 32.2. The minimum atomic E-state index is -0.476. The lowest BCUT2D eigenvalue weighted by molar-refractivity contribution is -0.117. The number of carbonyl (C=O) groups is 1. The molecule has 0 spiro atoms. The minimum absolute atomic E-state index is 0.160. The van der Waals surface area contributed by atoms with Crippen LogP contribution in [0.2, 0.25) is 0 Å². The third-order valence-corrected chi connectivity index (χ3v) is 2.57. The van der Waals surface area contributed by atoms with Gasteiger partial charge in [0.15, 0.2) is 0 Å². The van der Waals surface area contributed by atoms with E-state index in [-0.39, 0.29) is 5.91 Å². The van der Waals surface area contributed by atoms with Gasteiger partial charge in [0.2, 0.25) is 5.91 Å². The van der Waals surface area contributed by atoms with Crippen molar-refractivity contribution in [3.8, 4) is 0 Å². The Hall–Kier alpha value is -1.00. The molecule has 0 saturated heterocycles. The highest BCUT2D eigenvalue weighted by Gasteiger charge is 2.06. The second-order valence-electron chi connectivity index (χ2n) is 3.41. The summed E-state index contributed by atoms with van der Waals surface area (Å²) >= 11 is 1.77. The maximum atomic E-state index is 11.3. The Kier molecular flexibility index (Phi) is 4.65. The number of thioether (sulfide) groups is 1. The van der Waals surface area contributed by atoms with E-state index >= 15 is 0 Å². The van der Waals surface area contributed by atoms with Gasteiger partial charge in [-0.3, -0.25) is 4.79 Å². The lowest BCUT2D eigenvalue weighted by Gasteiger charge is -2.08. The van der Waals surface area contributed by atoms with Gasteiger partial charge in [0.1, 0.15) is 0 Å². The van der Waals surface area contributed by atoms with E-state index in [4.69, 9.17) is 5.73 Å². The van der Waals surface area contributed by atoms with E-state index in [0.717, 1.165) is 11.4 Å². The van der Waals surface area contributed by atoms with E-state index in [1.807, 2.05) is 24.3 Å². The number of carbonyl (C=O) groups excluding carboxylic acids is 1. The third kappa shape index (κ3) is 3.93. The maximum absolute atomic E-state index is 11.3. The maximum Gasteiger partial charge on any atom is 0.240 e. The first-order valence-electron chi connectivity index (χ1n) is 4.78. The van der Waals surface area contributed by atoms with Gasteiger partial charge in [-0.05, 0) is 30.9 Å². The van der Waals surface area contributed by atoms with Gasteiger partial charge in [-0.15, -0.1) is 0 Å². The van der Waals surface area contributed by atoms with E-state index in [1.54, 1.807) is 18.7 Å². The Labute approximate surface area is 94.4 Å². The Balaban J connectivity index is 2.60. The summed E-state index contributed by atoms with van der Waals surface area (Å²) in [5, 5.41) is 2.74. The van der Waals surface area contributed by atoms with Crippen molar-refractivity contribution in [3.63, 3.8) is 0 Å². The fraction of sp³-hybridized carbons (Fsp3) is 0.364. The van der Waals surface area contributed by atoms with Crippen LogP contribution in [-0.4, -0.2) is 18.2 Å². The summed E-state index contributed by atoms with van der Waals surface area (Å²) < 4.78 is 0. The van der Waals surface area contributed by atoms with Crippen molar-refractivity contribution in [2.75, 3.05) is 11.6 Å². The predicted octanol–water partition coefficient (Wildman–Crippen LogP) is 1.84. The molecule has 0 bridgehead atoms. The van der Waals surface area contributed by atoms with Gasteiger partial charge in [-0.2, -0.15) is 11.8 Å². The normalized spacial score (nSPS) is 12.2. The van der Waals surface area contributed by atoms with E-state index in [0.29, 0.717) is 0 Å². The predicted molar refractivity (Wildman–Crippen MR) is 65.9 cm³/mol. The molecule has 0 aliphatic rings. The Morgan fingerprint density at radius 1 is 1.47 bits per heavy atom. The van der Waals surface area contributed by atoms with E-state index in [2.05, 4.69) is 11.6 Å². The van der Waals surface area contributed by atoms with Crippen molar-refractivity contribution >= 4 is 23.4 Å². The first-order chi connectivity index (χ1) is 7.13. The molecule has 0 radical (unpaired) electrons. The summed E-state index contributed by atoms with van der Waals surface area (Å²) in [7, 11) is 0. The fourth-order valence-corrected chi connectivity index (χ4v) is 1.63. The Morgan fingerprint density at radius 2 is 2.07 bits per heavy atom. The van der Waals surface area contributed by atoms with Crippen LogP contribution in [0.25, 0.3) is 0 Å². The van der Waals surface area contributed by atoms with Crippen molar-refractivity contribution in [1.82, 2.24) is 0 Å². The Bertz CT molecular complexity index is 322. The van der Waals surface area contributed by atoms with Crippen LogP contribution in [0, 0.1) is 0 Å². The molecule has 0 aliphatic heterocycles. The smallest absolute Gasteiger partial charge is 0.240 e. The molecule has 1 atom stereocenters. The molecule has 0 unspecified atom stereocenters. The zero-order valence-corrected chi connectivity index (χ0v) is 9.80. The number of hydrogen-bond acceptors (Lipinski definition) is 3. The molecule has 0 aliphatic carbocycles. The van der Waals surface area contributed by atoms with Gasteiger partial charge in [0.05, 0.1) is 6.04 Å². The molecule has 3 N–H and O–H groups in total. The van der Waals surface area contributed by atoms with Crippen molar-refractivity contribution in [1.29, 1.82) is 0 Å². The molecule has 3 nitrogen and oxygen atoms in total. The third-order valence-electron chi connectivity index (χ3n) is 1.95. The van der Waals surface area contributed by atoms with Crippen LogP contribution in [0.4, 0.5) is 5.69 Å². The quantitative estimate of drug-likeness (QED) is 0.820. The molecule has 4 heteroatoms. The van der Waals surface area contributed by atoms with Crippen LogP contribution in [0.15, 0.2) is 24.3 Å². The second kappa shape index (κ2) is 5.78. The molecule has 0 heterocycles. The molecule has 1 amide bonds. The second-order valence-corrected chi connectivity index (χ2v) is 4.27. The van der Waals surface area contributed by atoms with Gasteiger partial charge in [0.25, 0.3) is 0 Å². The summed E-state index contributed by atoms with van der Waals surface area (Å²) in [6.07, 6.45) is 2.06. The summed E-state index contributed by atoms with van der Waals surface area (Å²) in [6.45, 7) is 1.66. The Morgan fingerprint density at radius 3 is 2.53 bits per heavy atom. The number of nitrogens with two attached hydrogens (primary N) is 1. The molecule has 82 valence electrons. The van der Waals surface area contributed by atoms with Crippen LogP contribution < -0.4 is 11.1 Å². The minimum Gasteiger partial charge on any atom is -0.325 e.